The van der Waals surface area contributed by atoms with E-state index in [1.165, 1.54) is 33.6 Å². The molecule has 0 aromatic heterocycles. The van der Waals surface area contributed by atoms with Crippen LogP contribution in [0, 0.1) is 5.92 Å². The standard InChI is InChI=1S/C28H30N2O2/c31-28(32)25-12-7-17-29(19-25)18-23-10-1-2-11-24(23)20-30-26-13-5-3-8-21(26)15-16-22-9-4-6-14-27(22)30/h1-6,8-11,13-14,25H,7,12,15-20H2,(H,31,32). The van der Waals surface area contributed by atoms with Crippen LogP contribution in [0.3, 0.4) is 0 Å². The van der Waals surface area contributed by atoms with Gasteiger partial charge in [-0.25, -0.2) is 0 Å². The Balaban J connectivity index is 1.46. The average Bonchev–Trinajstić information content (AvgIpc) is 2.98. The first-order valence-corrected chi connectivity index (χ1v) is 11.6. The molecule has 5 rings (SSSR count). The van der Waals surface area contributed by atoms with Gasteiger partial charge in [0.15, 0.2) is 0 Å². The highest BCUT2D eigenvalue weighted by Crippen LogP contribution is 2.37. The summed E-state index contributed by atoms with van der Waals surface area (Å²) >= 11 is 0. The molecule has 3 aromatic rings. The van der Waals surface area contributed by atoms with Crippen molar-refractivity contribution < 1.29 is 9.90 Å². The smallest absolute Gasteiger partial charge is 0.307 e. The van der Waals surface area contributed by atoms with Gasteiger partial charge in [0, 0.05) is 31.0 Å². The Morgan fingerprint density at radius 3 is 2.00 bits per heavy atom. The van der Waals surface area contributed by atoms with Gasteiger partial charge in [0.2, 0.25) is 0 Å². The van der Waals surface area contributed by atoms with E-state index < -0.39 is 5.97 Å². The molecule has 1 atom stereocenters. The lowest BCUT2D eigenvalue weighted by atomic mass is 9.97. The van der Waals surface area contributed by atoms with Gasteiger partial charge >= 0.3 is 5.97 Å². The maximum absolute atomic E-state index is 11.5. The Morgan fingerprint density at radius 1 is 0.812 bits per heavy atom. The number of fused-ring (bicyclic) bond motifs is 2. The molecule has 1 unspecified atom stereocenters. The van der Waals surface area contributed by atoms with Crippen LogP contribution in [0.5, 0.6) is 0 Å². The third-order valence-corrected chi connectivity index (χ3v) is 6.92. The van der Waals surface area contributed by atoms with Crippen LogP contribution in [0.4, 0.5) is 11.4 Å². The summed E-state index contributed by atoms with van der Waals surface area (Å²) < 4.78 is 0. The van der Waals surface area contributed by atoms with Crippen LogP contribution in [-0.2, 0) is 30.7 Å². The average molecular weight is 427 g/mol. The van der Waals surface area contributed by atoms with E-state index in [-0.39, 0.29) is 5.92 Å². The van der Waals surface area contributed by atoms with Gasteiger partial charge in [0.25, 0.3) is 0 Å². The number of aryl methyl sites for hydroxylation is 2. The van der Waals surface area contributed by atoms with E-state index >= 15 is 0 Å². The van der Waals surface area contributed by atoms with E-state index in [4.69, 9.17) is 0 Å². The van der Waals surface area contributed by atoms with E-state index in [1.807, 2.05) is 0 Å². The molecule has 0 amide bonds. The summed E-state index contributed by atoms with van der Waals surface area (Å²) in [6, 6.07) is 26.2. The van der Waals surface area contributed by atoms with Crippen molar-refractivity contribution in [2.45, 2.75) is 38.8 Å². The first kappa shape index (κ1) is 20.8. The second kappa shape index (κ2) is 9.17. The molecule has 2 heterocycles. The molecular formula is C28H30N2O2. The third kappa shape index (κ3) is 4.28. The lowest BCUT2D eigenvalue weighted by Gasteiger charge is -2.32. The number of para-hydroxylation sites is 2. The molecule has 3 aromatic carbocycles. The number of hydrogen-bond donors (Lipinski definition) is 1. The molecule has 0 bridgehead atoms. The molecule has 0 spiro atoms. The van der Waals surface area contributed by atoms with E-state index in [2.05, 4.69) is 82.6 Å². The SMILES string of the molecule is O=C(O)C1CCCN(Cc2ccccc2CN2c3ccccc3CCc3ccccc32)C1. The summed E-state index contributed by atoms with van der Waals surface area (Å²) in [5.74, 6) is -0.916. The number of likely N-dealkylation sites (tertiary alicyclic amines) is 1. The van der Waals surface area contributed by atoms with Crippen molar-refractivity contribution in [3.8, 4) is 0 Å². The Labute approximate surface area is 190 Å². The number of benzene rings is 3. The molecule has 2 aliphatic heterocycles. The fourth-order valence-electron chi connectivity index (χ4n) is 5.22. The zero-order chi connectivity index (χ0) is 21.9. The monoisotopic (exact) mass is 426 g/mol. The molecular weight excluding hydrogens is 396 g/mol. The summed E-state index contributed by atoms with van der Waals surface area (Å²) in [5.41, 5.74) is 7.95. The minimum Gasteiger partial charge on any atom is -0.481 e. The Bertz CT molecular complexity index is 1060. The van der Waals surface area contributed by atoms with Gasteiger partial charge < -0.3 is 10.0 Å². The van der Waals surface area contributed by atoms with E-state index in [1.54, 1.807) is 0 Å². The van der Waals surface area contributed by atoms with Crippen LogP contribution in [0.2, 0.25) is 0 Å². The molecule has 1 N–H and O–H groups in total. The molecule has 0 radical (unpaired) electrons. The van der Waals surface area contributed by atoms with Crippen LogP contribution in [0.25, 0.3) is 0 Å². The van der Waals surface area contributed by atoms with Crippen molar-refractivity contribution in [2.75, 3.05) is 18.0 Å². The summed E-state index contributed by atoms with van der Waals surface area (Å²) in [4.78, 5) is 16.3. The number of aliphatic carboxylic acids is 1. The largest absolute Gasteiger partial charge is 0.481 e. The van der Waals surface area contributed by atoms with Crippen molar-refractivity contribution in [3.63, 3.8) is 0 Å². The van der Waals surface area contributed by atoms with Gasteiger partial charge in [0.05, 0.1) is 5.92 Å². The topological polar surface area (TPSA) is 43.8 Å². The van der Waals surface area contributed by atoms with Crippen molar-refractivity contribution in [1.82, 2.24) is 4.90 Å². The van der Waals surface area contributed by atoms with Gasteiger partial charge in [-0.15, -0.1) is 0 Å². The Morgan fingerprint density at radius 2 is 1.38 bits per heavy atom. The van der Waals surface area contributed by atoms with Crippen molar-refractivity contribution in [2.24, 2.45) is 5.92 Å². The summed E-state index contributed by atoms with van der Waals surface area (Å²) in [7, 11) is 0. The maximum atomic E-state index is 11.5. The number of hydrogen-bond acceptors (Lipinski definition) is 3. The van der Waals surface area contributed by atoms with Crippen LogP contribution in [-0.4, -0.2) is 29.1 Å². The number of anilines is 2. The zero-order valence-corrected chi connectivity index (χ0v) is 18.4. The molecule has 4 nitrogen and oxygen atoms in total. The molecule has 4 heteroatoms. The molecule has 32 heavy (non-hydrogen) atoms. The number of carboxylic acid groups (broad SMARTS) is 1. The number of piperidine rings is 1. The molecule has 0 aliphatic carbocycles. The van der Waals surface area contributed by atoms with Gasteiger partial charge in [-0.2, -0.15) is 0 Å². The predicted molar refractivity (Wildman–Crippen MR) is 128 cm³/mol. The summed E-state index contributed by atoms with van der Waals surface area (Å²) in [6.07, 6.45) is 3.84. The van der Waals surface area contributed by atoms with Gasteiger partial charge in [-0.1, -0.05) is 60.7 Å². The van der Waals surface area contributed by atoms with Crippen molar-refractivity contribution >= 4 is 17.3 Å². The van der Waals surface area contributed by atoms with Gasteiger partial charge in [-0.05, 0) is 66.6 Å². The summed E-state index contributed by atoms with van der Waals surface area (Å²) in [5, 5.41) is 9.47. The zero-order valence-electron chi connectivity index (χ0n) is 18.4. The molecule has 1 saturated heterocycles. The lowest BCUT2D eigenvalue weighted by molar-refractivity contribution is -0.143. The highest BCUT2D eigenvalue weighted by Gasteiger charge is 2.26. The molecule has 0 saturated carbocycles. The minimum atomic E-state index is -0.666. The van der Waals surface area contributed by atoms with Crippen LogP contribution in [0.15, 0.2) is 72.8 Å². The lowest BCUT2D eigenvalue weighted by Crippen LogP contribution is -2.38. The second-order valence-electron chi connectivity index (χ2n) is 9.02. The van der Waals surface area contributed by atoms with E-state index in [0.29, 0.717) is 6.54 Å². The second-order valence-corrected chi connectivity index (χ2v) is 9.02. The Kier molecular flexibility index (Phi) is 5.95. The van der Waals surface area contributed by atoms with Crippen molar-refractivity contribution in [3.05, 3.63) is 95.1 Å². The van der Waals surface area contributed by atoms with Gasteiger partial charge in [0.1, 0.15) is 0 Å². The quantitative estimate of drug-likeness (QED) is 0.592. The van der Waals surface area contributed by atoms with Crippen LogP contribution in [0.1, 0.15) is 35.1 Å². The minimum absolute atomic E-state index is 0.250. The van der Waals surface area contributed by atoms with Crippen LogP contribution >= 0.6 is 0 Å². The highest BCUT2D eigenvalue weighted by atomic mass is 16.4. The number of nitrogens with zero attached hydrogens (tertiary/aromatic N) is 2. The normalized spacial score (nSPS) is 18.5. The van der Waals surface area contributed by atoms with Gasteiger partial charge in [-0.3, -0.25) is 9.69 Å². The first-order valence-electron chi connectivity index (χ1n) is 11.6. The predicted octanol–water partition coefficient (Wildman–Crippen LogP) is 5.42. The maximum Gasteiger partial charge on any atom is 0.307 e. The highest BCUT2D eigenvalue weighted by molar-refractivity contribution is 5.71. The Hall–Kier alpha value is -3.11. The summed E-state index contributed by atoms with van der Waals surface area (Å²) in [6.45, 7) is 3.21. The number of carbonyl (C=O) groups is 1. The molecule has 164 valence electrons. The van der Waals surface area contributed by atoms with E-state index in [9.17, 15) is 9.90 Å². The number of carboxylic acids is 1. The fourth-order valence-corrected chi connectivity index (χ4v) is 5.22. The number of rotatable bonds is 5. The molecule has 1 fully saturated rings. The van der Waals surface area contributed by atoms with E-state index in [0.717, 1.165) is 45.3 Å². The fraction of sp³-hybridized carbons (Fsp3) is 0.321. The van der Waals surface area contributed by atoms with Crippen LogP contribution < -0.4 is 4.90 Å². The van der Waals surface area contributed by atoms with Crippen molar-refractivity contribution in [1.29, 1.82) is 0 Å². The first-order chi connectivity index (χ1) is 15.7. The molecule has 2 aliphatic rings. The third-order valence-electron chi connectivity index (χ3n) is 6.92.